The fraction of sp³-hybridized carbons (Fsp3) is 0.545. The van der Waals surface area contributed by atoms with Crippen molar-refractivity contribution in [3.05, 3.63) is 17.7 Å². The lowest BCUT2D eigenvalue weighted by Crippen LogP contribution is -2.37. The van der Waals surface area contributed by atoms with Gasteiger partial charge < -0.3 is 20.9 Å². The molecule has 1 aromatic rings. The third kappa shape index (κ3) is 3.48. The van der Waals surface area contributed by atoms with Crippen molar-refractivity contribution in [3.8, 4) is 0 Å². The van der Waals surface area contributed by atoms with Crippen LogP contribution in [0.15, 0.2) is 12.1 Å². The Kier molecular flexibility index (Phi) is 3.55. The van der Waals surface area contributed by atoms with E-state index in [0.717, 1.165) is 12.1 Å². The van der Waals surface area contributed by atoms with Gasteiger partial charge in [-0.15, -0.1) is 0 Å². The minimum Gasteiger partial charge on any atom is -0.386 e. The molecular weight excluding hydrogens is 263 g/mol. The highest BCUT2D eigenvalue weighted by atomic mass is 19.4. The van der Waals surface area contributed by atoms with Gasteiger partial charge in [0.1, 0.15) is 17.2 Å². The molecule has 0 bridgehead atoms. The van der Waals surface area contributed by atoms with Gasteiger partial charge in [0.05, 0.1) is 12.2 Å². The van der Waals surface area contributed by atoms with Crippen molar-refractivity contribution in [2.75, 3.05) is 30.8 Å². The Balaban J connectivity index is 2.10. The minimum absolute atomic E-state index is 0.0207. The molecule has 19 heavy (non-hydrogen) atoms. The van der Waals surface area contributed by atoms with E-state index in [4.69, 9.17) is 10.5 Å². The van der Waals surface area contributed by atoms with E-state index in [1.807, 2.05) is 0 Å². The van der Waals surface area contributed by atoms with Gasteiger partial charge in [0.15, 0.2) is 0 Å². The number of nitrogens with one attached hydrogen (secondary N) is 1. The zero-order valence-electron chi connectivity index (χ0n) is 10.00. The molecule has 0 aromatic carbocycles. The zero-order chi connectivity index (χ0) is 14.1. The number of hydrogen-bond acceptors (Lipinski definition) is 5. The summed E-state index contributed by atoms with van der Waals surface area (Å²) < 4.78 is 42.8. The fourth-order valence-electron chi connectivity index (χ4n) is 1.80. The van der Waals surface area contributed by atoms with Crippen LogP contribution in [-0.2, 0) is 10.9 Å². The molecule has 1 aromatic heterocycles. The van der Waals surface area contributed by atoms with Crippen LogP contribution in [0.3, 0.4) is 0 Å². The number of nitrogens with two attached hydrogens (primary N) is 1. The average Bonchev–Trinajstić information content (AvgIpc) is 2.72. The molecule has 4 N–H and O–H groups in total. The highest BCUT2D eigenvalue weighted by Gasteiger charge is 2.33. The monoisotopic (exact) mass is 277 g/mol. The first-order valence-electron chi connectivity index (χ1n) is 5.67. The van der Waals surface area contributed by atoms with Gasteiger partial charge >= 0.3 is 6.18 Å². The summed E-state index contributed by atoms with van der Waals surface area (Å²) in [4.78, 5) is 3.75. The number of anilines is 2. The number of rotatable bonds is 3. The molecule has 1 unspecified atom stereocenters. The molecule has 0 saturated carbocycles. The van der Waals surface area contributed by atoms with Gasteiger partial charge in [0.25, 0.3) is 0 Å². The summed E-state index contributed by atoms with van der Waals surface area (Å²) in [5.41, 5.74) is 3.38. The normalized spacial score (nSPS) is 23.6. The molecule has 8 heteroatoms. The van der Waals surface area contributed by atoms with Gasteiger partial charge in [-0.25, -0.2) is 4.98 Å². The van der Waals surface area contributed by atoms with Crippen molar-refractivity contribution in [3.63, 3.8) is 0 Å². The van der Waals surface area contributed by atoms with Crippen molar-refractivity contribution in [2.24, 2.45) is 0 Å². The predicted octanol–water partition coefficient (Wildman–Crippen LogP) is 1.25. The minimum atomic E-state index is -4.49. The van der Waals surface area contributed by atoms with Crippen LogP contribution in [0.5, 0.6) is 0 Å². The molecular formula is C11H14F3N3O2. The van der Waals surface area contributed by atoms with Gasteiger partial charge in [-0.1, -0.05) is 0 Å². The Morgan fingerprint density at radius 2 is 2.21 bits per heavy atom. The maximum Gasteiger partial charge on any atom is 0.416 e. The third-order valence-corrected chi connectivity index (χ3v) is 2.85. The Morgan fingerprint density at radius 3 is 2.79 bits per heavy atom. The summed E-state index contributed by atoms with van der Waals surface area (Å²) in [6.07, 6.45) is -4.06. The van der Waals surface area contributed by atoms with Gasteiger partial charge in [0, 0.05) is 19.6 Å². The molecule has 1 aliphatic rings. The maximum atomic E-state index is 12.6. The second kappa shape index (κ2) is 4.86. The van der Waals surface area contributed by atoms with Crippen LogP contribution in [0, 0.1) is 0 Å². The summed E-state index contributed by atoms with van der Waals surface area (Å²) in [5.74, 6) is -0.250. The van der Waals surface area contributed by atoms with Gasteiger partial charge in [-0.05, 0) is 12.1 Å². The average molecular weight is 277 g/mol. The summed E-state index contributed by atoms with van der Waals surface area (Å²) in [6, 6.07) is 1.62. The van der Waals surface area contributed by atoms with Gasteiger partial charge in [0.2, 0.25) is 0 Å². The third-order valence-electron chi connectivity index (χ3n) is 2.85. The topological polar surface area (TPSA) is 80.4 Å². The first-order valence-corrected chi connectivity index (χ1v) is 5.67. The first-order chi connectivity index (χ1) is 8.78. The molecule has 0 amide bonds. The van der Waals surface area contributed by atoms with E-state index >= 15 is 0 Å². The number of halogens is 3. The summed E-state index contributed by atoms with van der Waals surface area (Å²) in [7, 11) is 0. The van der Waals surface area contributed by atoms with Crippen LogP contribution in [0.1, 0.15) is 12.0 Å². The molecule has 1 saturated heterocycles. The molecule has 2 heterocycles. The molecule has 2 rings (SSSR count). The largest absolute Gasteiger partial charge is 0.416 e. The van der Waals surface area contributed by atoms with Gasteiger partial charge in [-0.2, -0.15) is 13.2 Å². The number of aliphatic hydroxyl groups is 1. The molecule has 1 fully saturated rings. The lowest BCUT2D eigenvalue weighted by molar-refractivity contribution is -0.137. The number of nitrogens with zero attached hydrogens (tertiary/aromatic N) is 1. The van der Waals surface area contributed by atoms with E-state index < -0.39 is 17.3 Å². The molecule has 0 aliphatic carbocycles. The molecule has 0 radical (unpaired) electrons. The Morgan fingerprint density at radius 1 is 1.47 bits per heavy atom. The quantitative estimate of drug-likeness (QED) is 0.774. The molecule has 0 spiro atoms. The Hall–Kier alpha value is -1.54. The highest BCUT2D eigenvalue weighted by Crippen LogP contribution is 2.31. The van der Waals surface area contributed by atoms with Crippen molar-refractivity contribution in [2.45, 2.75) is 18.2 Å². The van der Waals surface area contributed by atoms with Gasteiger partial charge in [-0.3, -0.25) is 0 Å². The zero-order valence-corrected chi connectivity index (χ0v) is 10.00. The second-order valence-corrected chi connectivity index (χ2v) is 4.54. The van der Waals surface area contributed by atoms with Crippen LogP contribution in [0.25, 0.3) is 0 Å². The second-order valence-electron chi connectivity index (χ2n) is 4.54. The lowest BCUT2D eigenvalue weighted by atomic mass is 10.0. The van der Waals surface area contributed by atoms with Crippen molar-refractivity contribution in [1.29, 1.82) is 0 Å². The number of alkyl halides is 3. The summed E-state index contributed by atoms with van der Waals surface area (Å²) in [5, 5.41) is 12.6. The maximum absolute atomic E-state index is 12.6. The van der Waals surface area contributed by atoms with E-state index in [2.05, 4.69) is 10.3 Å². The Bertz CT molecular complexity index is 459. The number of hydrogen-bond donors (Lipinski definition) is 3. The number of ether oxygens (including phenoxy) is 1. The highest BCUT2D eigenvalue weighted by molar-refractivity contribution is 5.47. The molecule has 106 valence electrons. The predicted molar refractivity (Wildman–Crippen MR) is 62.5 cm³/mol. The van der Waals surface area contributed by atoms with Crippen LogP contribution in [0.2, 0.25) is 0 Å². The standard InChI is InChI=1S/C11H14F3N3O2/c12-11(13,14)7-3-8(15)17-9(4-7)16-5-10(18)1-2-19-6-10/h3-4,18H,1-2,5-6H2,(H3,15,16,17). The van der Waals surface area contributed by atoms with E-state index in [-0.39, 0.29) is 24.8 Å². The van der Waals surface area contributed by atoms with Crippen LogP contribution >= 0.6 is 0 Å². The fourth-order valence-corrected chi connectivity index (χ4v) is 1.80. The number of aromatic nitrogens is 1. The number of pyridine rings is 1. The van der Waals surface area contributed by atoms with Crippen molar-refractivity contribution in [1.82, 2.24) is 4.98 Å². The first kappa shape index (κ1) is 13.9. The van der Waals surface area contributed by atoms with E-state index in [1.165, 1.54) is 0 Å². The van der Waals surface area contributed by atoms with E-state index in [0.29, 0.717) is 13.0 Å². The van der Waals surface area contributed by atoms with E-state index in [1.54, 1.807) is 0 Å². The van der Waals surface area contributed by atoms with Crippen LogP contribution in [0.4, 0.5) is 24.8 Å². The van der Waals surface area contributed by atoms with Crippen molar-refractivity contribution >= 4 is 11.6 Å². The Labute approximate surface area is 107 Å². The molecule has 5 nitrogen and oxygen atoms in total. The lowest BCUT2D eigenvalue weighted by Gasteiger charge is -2.21. The molecule has 1 aliphatic heterocycles. The van der Waals surface area contributed by atoms with Crippen LogP contribution in [-0.4, -0.2) is 35.5 Å². The number of nitrogen functional groups attached to an aromatic ring is 1. The summed E-state index contributed by atoms with van der Waals surface area (Å²) in [6.45, 7) is 0.630. The van der Waals surface area contributed by atoms with Crippen LogP contribution < -0.4 is 11.1 Å². The van der Waals surface area contributed by atoms with E-state index in [9.17, 15) is 18.3 Å². The summed E-state index contributed by atoms with van der Waals surface area (Å²) >= 11 is 0. The smallest absolute Gasteiger partial charge is 0.386 e. The van der Waals surface area contributed by atoms with Crippen molar-refractivity contribution < 1.29 is 23.0 Å². The molecule has 1 atom stereocenters. The SMILES string of the molecule is Nc1cc(C(F)(F)F)cc(NCC2(O)CCOC2)n1.